The zero-order valence-electron chi connectivity index (χ0n) is 19.5. The maximum absolute atomic E-state index is 2.80. The molecule has 2 aliphatic rings. The van der Waals surface area contributed by atoms with Gasteiger partial charge in [-0.05, 0) is 96.1 Å². The van der Waals surface area contributed by atoms with Crippen LogP contribution in [0.1, 0.15) is 94.4 Å². The van der Waals surface area contributed by atoms with E-state index in [4.69, 9.17) is 0 Å². The van der Waals surface area contributed by atoms with E-state index in [1.807, 2.05) is 0 Å². The molecule has 2 unspecified atom stereocenters. The fourth-order valence-electron chi connectivity index (χ4n) is 5.05. The second kappa shape index (κ2) is 8.11. The van der Waals surface area contributed by atoms with Gasteiger partial charge in [0, 0.05) is 24.2 Å². The van der Waals surface area contributed by atoms with E-state index in [2.05, 4.69) is 72.1 Å². The summed E-state index contributed by atoms with van der Waals surface area (Å²) in [6.45, 7) is 27.2. The summed E-state index contributed by atoms with van der Waals surface area (Å²) in [7, 11) is 0. The summed E-state index contributed by atoms with van der Waals surface area (Å²) in [6, 6.07) is 0. The van der Waals surface area contributed by atoms with Crippen molar-refractivity contribution in [2.75, 3.05) is 26.2 Å². The first kappa shape index (κ1) is 22.2. The van der Waals surface area contributed by atoms with Crippen molar-refractivity contribution >= 4 is 0 Å². The highest BCUT2D eigenvalue weighted by molar-refractivity contribution is 4.94. The Morgan fingerprint density at radius 1 is 0.769 bits per heavy atom. The molecule has 0 aromatic heterocycles. The zero-order valence-corrected chi connectivity index (χ0v) is 19.5. The van der Waals surface area contributed by atoms with E-state index in [1.54, 1.807) is 0 Å². The molecule has 2 heterocycles. The Hall–Kier alpha value is -0.0800. The van der Waals surface area contributed by atoms with E-state index in [-0.39, 0.29) is 0 Å². The molecule has 154 valence electrons. The maximum atomic E-state index is 2.80. The van der Waals surface area contributed by atoms with Crippen LogP contribution in [-0.4, -0.2) is 47.1 Å². The van der Waals surface area contributed by atoms with Gasteiger partial charge >= 0.3 is 0 Å². The van der Waals surface area contributed by atoms with E-state index < -0.39 is 0 Å². The fourth-order valence-corrected chi connectivity index (χ4v) is 5.05. The van der Waals surface area contributed by atoms with Crippen LogP contribution in [0.25, 0.3) is 0 Å². The van der Waals surface area contributed by atoms with Crippen molar-refractivity contribution in [2.45, 2.75) is 105 Å². The molecular weight excluding hydrogens is 316 g/mol. The third kappa shape index (κ3) is 5.47. The molecule has 2 heteroatoms. The number of piperidine rings is 1. The third-order valence-electron chi connectivity index (χ3n) is 7.87. The van der Waals surface area contributed by atoms with Gasteiger partial charge < -0.3 is 0 Å². The van der Waals surface area contributed by atoms with Gasteiger partial charge in [-0.3, -0.25) is 9.80 Å². The number of likely N-dealkylation sites (tertiary alicyclic amines) is 2. The lowest BCUT2D eigenvalue weighted by Gasteiger charge is -2.47. The zero-order chi connectivity index (χ0) is 19.8. The van der Waals surface area contributed by atoms with Crippen LogP contribution < -0.4 is 0 Å². The van der Waals surface area contributed by atoms with Crippen LogP contribution in [0.3, 0.4) is 0 Å². The van der Waals surface area contributed by atoms with Gasteiger partial charge in [-0.15, -0.1) is 0 Å². The molecule has 2 fully saturated rings. The van der Waals surface area contributed by atoms with Gasteiger partial charge in [0.1, 0.15) is 0 Å². The average Bonchev–Trinajstić information content (AvgIpc) is 3.04. The topological polar surface area (TPSA) is 6.48 Å². The van der Waals surface area contributed by atoms with Crippen molar-refractivity contribution in [2.24, 2.45) is 23.2 Å². The largest absolute Gasteiger partial charge is 0.298 e. The van der Waals surface area contributed by atoms with Gasteiger partial charge in [-0.25, -0.2) is 0 Å². The predicted molar refractivity (Wildman–Crippen MR) is 116 cm³/mol. The van der Waals surface area contributed by atoms with Crippen LogP contribution in [0, 0.1) is 23.2 Å². The molecule has 2 nitrogen and oxygen atoms in total. The highest BCUT2D eigenvalue weighted by Crippen LogP contribution is 2.39. The van der Waals surface area contributed by atoms with Crippen molar-refractivity contribution in [1.29, 1.82) is 0 Å². The summed E-state index contributed by atoms with van der Waals surface area (Å²) in [5.74, 6) is 2.56. The first-order chi connectivity index (χ1) is 11.8. The molecule has 2 atom stereocenters. The summed E-state index contributed by atoms with van der Waals surface area (Å²) in [5, 5.41) is 0. The standard InChI is InChI=1S/C24H48N2/c1-19(2)20-11-10-15-25(17-20)23(6,7)13-14-24(8,9)26-16-12-21(18-26)22(3,4)5/h19-21H,10-18H2,1-9H3. The molecule has 0 amide bonds. The van der Waals surface area contributed by atoms with Crippen LogP contribution in [-0.2, 0) is 0 Å². The molecule has 0 spiro atoms. The van der Waals surface area contributed by atoms with Crippen molar-refractivity contribution in [3.63, 3.8) is 0 Å². The molecule has 0 aromatic carbocycles. The van der Waals surface area contributed by atoms with Crippen molar-refractivity contribution in [1.82, 2.24) is 9.80 Å². The number of hydrogen-bond donors (Lipinski definition) is 0. The molecule has 2 saturated heterocycles. The summed E-state index contributed by atoms with van der Waals surface area (Å²) < 4.78 is 0. The van der Waals surface area contributed by atoms with Crippen LogP contribution in [0.5, 0.6) is 0 Å². The number of nitrogens with zero attached hydrogens (tertiary/aromatic N) is 2. The van der Waals surface area contributed by atoms with Crippen molar-refractivity contribution < 1.29 is 0 Å². The van der Waals surface area contributed by atoms with Crippen LogP contribution in [0.15, 0.2) is 0 Å². The molecule has 26 heavy (non-hydrogen) atoms. The van der Waals surface area contributed by atoms with Crippen LogP contribution >= 0.6 is 0 Å². The third-order valence-corrected chi connectivity index (χ3v) is 7.87. The SMILES string of the molecule is CC(C)C1CCCN(C(C)(C)CCC(C)(C)N2CCC(C(C)(C)C)C2)C1. The molecule has 0 radical (unpaired) electrons. The predicted octanol–water partition coefficient (Wildman–Crippen LogP) is 6.06. The van der Waals surface area contributed by atoms with Gasteiger partial charge in [0.15, 0.2) is 0 Å². The average molecular weight is 365 g/mol. The highest BCUT2D eigenvalue weighted by Gasteiger charge is 2.39. The van der Waals surface area contributed by atoms with Gasteiger partial charge in [-0.2, -0.15) is 0 Å². The number of rotatable bonds is 6. The molecule has 0 aliphatic carbocycles. The fraction of sp³-hybridized carbons (Fsp3) is 1.00. The van der Waals surface area contributed by atoms with E-state index in [9.17, 15) is 0 Å². The molecule has 2 aliphatic heterocycles. The highest BCUT2D eigenvalue weighted by atomic mass is 15.2. The second-order valence-corrected chi connectivity index (χ2v) is 12.0. The minimum absolute atomic E-state index is 0.324. The Labute approximate surface area is 165 Å². The van der Waals surface area contributed by atoms with E-state index in [1.165, 1.54) is 58.3 Å². The summed E-state index contributed by atoms with van der Waals surface area (Å²) in [5.41, 5.74) is 1.10. The molecular formula is C24H48N2. The summed E-state index contributed by atoms with van der Waals surface area (Å²) in [6.07, 6.45) is 6.80. The molecule has 0 N–H and O–H groups in total. The Balaban J connectivity index is 1.91. The second-order valence-electron chi connectivity index (χ2n) is 12.0. The van der Waals surface area contributed by atoms with Gasteiger partial charge in [0.05, 0.1) is 0 Å². The van der Waals surface area contributed by atoms with Crippen molar-refractivity contribution in [3.8, 4) is 0 Å². The molecule has 0 aromatic rings. The normalized spacial score (nSPS) is 27.5. The lowest BCUT2D eigenvalue weighted by molar-refractivity contribution is 0.0317. The Morgan fingerprint density at radius 2 is 1.31 bits per heavy atom. The van der Waals surface area contributed by atoms with Gasteiger partial charge in [0.2, 0.25) is 0 Å². The molecule has 2 rings (SSSR count). The quantitative estimate of drug-likeness (QED) is 0.565. The molecule has 0 saturated carbocycles. The monoisotopic (exact) mass is 364 g/mol. The lowest BCUT2D eigenvalue weighted by atomic mass is 9.80. The van der Waals surface area contributed by atoms with E-state index >= 15 is 0 Å². The van der Waals surface area contributed by atoms with Crippen molar-refractivity contribution in [3.05, 3.63) is 0 Å². The smallest absolute Gasteiger partial charge is 0.0154 e. The maximum Gasteiger partial charge on any atom is 0.0154 e. The van der Waals surface area contributed by atoms with Gasteiger partial charge in [-0.1, -0.05) is 34.6 Å². The minimum atomic E-state index is 0.324. The first-order valence-electron chi connectivity index (χ1n) is 11.3. The van der Waals surface area contributed by atoms with Gasteiger partial charge in [0.25, 0.3) is 0 Å². The van der Waals surface area contributed by atoms with E-state index in [0.717, 1.165) is 17.8 Å². The minimum Gasteiger partial charge on any atom is -0.298 e. The summed E-state index contributed by atoms with van der Waals surface area (Å²) in [4.78, 5) is 5.59. The van der Waals surface area contributed by atoms with E-state index in [0.29, 0.717) is 16.5 Å². The Kier molecular flexibility index (Phi) is 6.93. The molecule has 0 bridgehead atoms. The lowest BCUT2D eigenvalue weighted by Crippen LogP contribution is -2.51. The van der Waals surface area contributed by atoms with Crippen LogP contribution in [0.2, 0.25) is 0 Å². The number of hydrogen-bond acceptors (Lipinski definition) is 2. The Bertz CT molecular complexity index is 444. The van der Waals surface area contributed by atoms with Crippen LogP contribution in [0.4, 0.5) is 0 Å². The first-order valence-corrected chi connectivity index (χ1v) is 11.3. The summed E-state index contributed by atoms with van der Waals surface area (Å²) >= 11 is 0. The Morgan fingerprint density at radius 3 is 1.77 bits per heavy atom.